The number of thiocarbonyl (C=S) groups is 1. The van der Waals surface area contributed by atoms with Gasteiger partial charge in [-0.3, -0.25) is 15.6 Å². The first-order valence-electron chi connectivity index (χ1n) is 8.44. The molecule has 0 aromatic heterocycles. The summed E-state index contributed by atoms with van der Waals surface area (Å²) in [5.74, 6) is 1.08. The van der Waals surface area contributed by atoms with E-state index in [9.17, 15) is 4.79 Å². The molecule has 1 heterocycles. The molecule has 0 saturated carbocycles. The van der Waals surface area contributed by atoms with Crippen molar-refractivity contribution in [1.82, 2.24) is 16.2 Å². The van der Waals surface area contributed by atoms with Crippen LogP contribution in [0.3, 0.4) is 0 Å². The molecule has 1 aliphatic heterocycles. The number of fused-ring (bicyclic) bond motifs is 1. The van der Waals surface area contributed by atoms with Crippen LogP contribution in [0.4, 0.5) is 0 Å². The van der Waals surface area contributed by atoms with Crippen LogP contribution in [0.2, 0.25) is 5.02 Å². The lowest BCUT2D eigenvalue weighted by atomic mass is 10.0. The van der Waals surface area contributed by atoms with Gasteiger partial charge in [-0.05, 0) is 36.7 Å². The van der Waals surface area contributed by atoms with E-state index in [4.69, 9.17) is 33.3 Å². The molecule has 25 heavy (non-hydrogen) atoms. The Balaban J connectivity index is 1.74. The van der Waals surface area contributed by atoms with Crippen LogP contribution in [0.5, 0.6) is 11.5 Å². The zero-order valence-electron chi connectivity index (χ0n) is 14.5. The molecule has 0 bridgehead atoms. The molecule has 138 valence electrons. The molecule has 2 rings (SSSR count). The standard InChI is InChI=1S/C17H24ClN3O3S/c1-3-4-5-6-11(2)9-19-17(25)21-20-16(22)12-7-13(18)15-14(8-12)23-10-24-15/h7-8,11H,3-6,9-10H2,1-2H3,(H,20,22)(H2,19,21,25)/t11-/m1/s1. The molecule has 0 spiro atoms. The van der Waals surface area contributed by atoms with Gasteiger partial charge in [0, 0.05) is 12.1 Å². The Bertz CT molecular complexity index is 627. The Morgan fingerprint density at radius 3 is 2.88 bits per heavy atom. The van der Waals surface area contributed by atoms with Crippen LogP contribution in [0.25, 0.3) is 0 Å². The second-order valence-electron chi connectivity index (χ2n) is 6.08. The number of ether oxygens (including phenoxy) is 2. The summed E-state index contributed by atoms with van der Waals surface area (Å²) in [6.07, 6.45) is 4.85. The van der Waals surface area contributed by atoms with E-state index in [0.29, 0.717) is 33.1 Å². The number of hydrogen-bond acceptors (Lipinski definition) is 4. The first kappa shape index (κ1) is 19.6. The quantitative estimate of drug-likeness (QED) is 0.379. The highest BCUT2D eigenvalue weighted by Gasteiger charge is 2.20. The summed E-state index contributed by atoms with van der Waals surface area (Å²) in [4.78, 5) is 12.2. The summed E-state index contributed by atoms with van der Waals surface area (Å²) in [7, 11) is 0. The van der Waals surface area contributed by atoms with Crippen LogP contribution in [-0.4, -0.2) is 24.4 Å². The van der Waals surface area contributed by atoms with E-state index in [1.165, 1.54) is 25.3 Å². The zero-order valence-corrected chi connectivity index (χ0v) is 16.1. The number of amides is 1. The minimum Gasteiger partial charge on any atom is -0.454 e. The van der Waals surface area contributed by atoms with Crippen molar-refractivity contribution >= 4 is 34.8 Å². The zero-order chi connectivity index (χ0) is 18.2. The number of hydrogen-bond donors (Lipinski definition) is 3. The lowest BCUT2D eigenvalue weighted by molar-refractivity contribution is 0.0943. The average Bonchev–Trinajstić information content (AvgIpc) is 3.07. The maximum atomic E-state index is 12.2. The molecule has 1 atom stereocenters. The summed E-state index contributed by atoms with van der Waals surface area (Å²) in [5.41, 5.74) is 5.60. The van der Waals surface area contributed by atoms with Gasteiger partial charge < -0.3 is 14.8 Å². The van der Waals surface area contributed by atoms with Gasteiger partial charge >= 0.3 is 0 Å². The molecule has 6 nitrogen and oxygen atoms in total. The van der Waals surface area contributed by atoms with Crippen molar-refractivity contribution in [3.63, 3.8) is 0 Å². The van der Waals surface area contributed by atoms with Crippen LogP contribution in [0.1, 0.15) is 49.9 Å². The number of carbonyl (C=O) groups excluding carboxylic acids is 1. The van der Waals surface area contributed by atoms with Crippen LogP contribution < -0.4 is 25.6 Å². The van der Waals surface area contributed by atoms with E-state index in [1.807, 2.05) is 0 Å². The minimum atomic E-state index is -0.361. The van der Waals surface area contributed by atoms with Crippen LogP contribution >= 0.6 is 23.8 Å². The third-order valence-electron chi connectivity index (χ3n) is 3.89. The van der Waals surface area contributed by atoms with E-state index in [2.05, 4.69) is 30.0 Å². The highest BCUT2D eigenvalue weighted by Crippen LogP contribution is 2.39. The number of benzene rings is 1. The minimum absolute atomic E-state index is 0.100. The molecule has 0 fully saturated rings. The number of halogens is 1. The first-order valence-corrected chi connectivity index (χ1v) is 9.23. The molecule has 1 aromatic rings. The third-order valence-corrected chi connectivity index (χ3v) is 4.42. The highest BCUT2D eigenvalue weighted by molar-refractivity contribution is 7.80. The van der Waals surface area contributed by atoms with Gasteiger partial charge in [0.05, 0.1) is 5.02 Å². The number of rotatable bonds is 7. The van der Waals surface area contributed by atoms with Gasteiger partial charge in [-0.2, -0.15) is 0 Å². The molecular formula is C17H24ClN3O3S. The maximum Gasteiger partial charge on any atom is 0.269 e. The predicted octanol–water partition coefficient (Wildman–Crippen LogP) is 3.39. The normalized spacial score (nSPS) is 13.2. The third kappa shape index (κ3) is 5.93. The molecule has 1 aliphatic rings. The summed E-state index contributed by atoms with van der Waals surface area (Å²) < 4.78 is 10.5. The Kier molecular flexibility index (Phi) is 7.58. The lowest BCUT2D eigenvalue weighted by Crippen LogP contribution is -2.47. The second kappa shape index (κ2) is 9.68. The van der Waals surface area contributed by atoms with E-state index in [-0.39, 0.29) is 12.7 Å². The highest BCUT2D eigenvalue weighted by atomic mass is 35.5. The Labute approximate surface area is 158 Å². The summed E-state index contributed by atoms with van der Waals surface area (Å²) in [6.45, 7) is 5.24. The van der Waals surface area contributed by atoms with E-state index < -0.39 is 0 Å². The number of carbonyl (C=O) groups is 1. The average molecular weight is 386 g/mol. The molecule has 0 radical (unpaired) electrons. The van der Waals surface area contributed by atoms with Gasteiger partial charge in [-0.25, -0.2) is 0 Å². The molecule has 0 unspecified atom stereocenters. The van der Waals surface area contributed by atoms with Crippen molar-refractivity contribution in [2.24, 2.45) is 5.92 Å². The summed E-state index contributed by atoms with van der Waals surface area (Å²) >= 11 is 11.2. The fourth-order valence-corrected chi connectivity index (χ4v) is 2.84. The molecule has 8 heteroatoms. The summed E-state index contributed by atoms with van der Waals surface area (Å²) in [6, 6.07) is 3.11. The first-order chi connectivity index (χ1) is 12.0. The smallest absolute Gasteiger partial charge is 0.269 e. The van der Waals surface area contributed by atoms with E-state index >= 15 is 0 Å². The molecule has 0 saturated heterocycles. The Morgan fingerprint density at radius 2 is 2.12 bits per heavy atom. The van der Waals surface area contributed by atoms with E-state index in [0.717, 1.165) is 13.0 Å². The van der Waals surface area contributed by atoms with Crippen molar-refractivity contribution in [3.8, 4) is 11.5 Å². The van der Waals surface area contributed by atoms with Gasteiger partial charge in [0.15, 0.2) is 16.6 Å². The molecule has 3 N–H and O–H groups in total. The number of nitrogens with one attached hydrogen (secondary N) is 3. The largest absolute Gasteiger partial charge is 0.454 e. The van der Waals surface area contributed by atoms with Crippen LogP contribution in [0.15, 0.2) is 12.1 Å². The van der Waals surface area contributed by atoms with Gasteiger partial charge in [0.25, 0.3) is 5.91 Å². The van der Waals surface area contributed by atoms with Crippen molar-refractivity contribution < 1.29 is 14.3 Å². The van der Waals surface area contributed by atoms with Gasteiger partial charge in [-0.1, -0.05) is 44.7 Å². The molecule has 1 amide bonds. The predicted molar refractivity (Wildman–Crippen MR) is 102 cm³/mol. The molecule has 1 aromatic carbocycles. The topological polar surface area (TPSA) is 71.6 Å². The molecule has 0 aliphatic carbocycles. The number of hydrazine groups is 1. The van der Waals surface area contributed by atoms with Crippen molar-refractivity contribution in [1.29, 1.82) is 0 Å². The van der Waals surface area contributed by atoms with Crippen LogP contribution in [-0.2, 0) is 0 Å². The summed E-state index contributed by atoms with van der Waals surface area (Å²) in [5, 5.41) is 3.82. The Morgan fingerprint density at radius 1 is 1.32 bits per heavy atom. The Hall–Kier alpha value is -1.73. The van der Waals surface area contributed by atoms with Crippen molar-refractivity contribution in [2.45, 2.75) is 39.5 Å². The fraction of sp³-hybridized carbons (Fsp3) is 0.529. The van der Waals surface area contributed by atoms with Crippen molar-refractivity contribution in [2.75, 3.05) is 13.3 Å². The van der Waals surface area contributed by atoms with Gasteiger partial charge in [-0.15, -0.1) is 0 Å². The van der Waals surface area contributed by atoms with Crippen molar-refractivity contribution in [3.05, 3.63) is 22.7 Å². The second-order valence-corrected chi connectivity index (χ2v) is 6.90. The van der Waals surface area contributed by atoms with Crippen LogP contribution in [0, 0.1) is 5.92 Å². The monoisotopic (exact) mass is 385 g/mol. The SMILES string of the molecule is CCCCC[C@@H](C)CNC(=S)NNC(=O)c1cc(Cl)c2c(c1)OCO2. The number of unbranched alkanes of at least 4 members (excludes halogenated alkanes) is 2. The fourth-order valence-electron chi connectivity index (χ4n) is 2.44. The maximum absolute atomic E-state index is 12.2. The van der Waals surface area contributed by atoms with Gasteiger partial charge in [0.1, 0.15) is 0 Å². The lowest BCUT2D eigenvalue weighted by Gasteiger charge is -2.15. The van der Waals surface area contributed by atoms with E-state index in [1.54, 1.807) is 6.07 Å². The molecular weight excluding hydrogens is 362 g/mol. The van der Waals surface area contributed by atoms with Gasteiger partial charge in [0.2, 0.25) is 6.79 Å².